The third-order valence-electron chi connectivity index (χ3n) is 2.14. The van der Waals surface area contributed by atoms with E-state index in [1.165, 1.54) is 4.57 Å². The lowest BCUT2D eigenvalue weighted by Gasteiger charge is -2.02. The van der Waals surface area contributed by atoms with Gasteiger partial charge in [0.2, 0.25) is 0 Å². The van der Waals surface area contributed by atoms with Gasteiger partial charge < -0.3 is 15.4 Å². The molecule has 0 aliphatic heterocycles. The number of benzene rings is 1. The maximum atomic E-state index is 11.6. The summed E-state index contributed by atoms with van der Waals surface area (Å²) < 4.78 is 1.53. The lowest BCUT2D eigenvalue weighted by molar-refractivity contribution is 0.399. The summed E-state index contributed by atoms with van der Waals surface area (Å²) >= 11 is 0. The van der Waals surface area contributed by atoms with Gasteiger partial charge in [-0.25, -0.2) is 0 Å². The number of nitrogens with two attached hydrogens (primary N) is 1. The lowest BCUT2D eigenvalue weighted by Crippen LogP contribution is -2.16. The van der Waals surface area contributed by atoms with Crippen LogP contribution in [0.5, 0.6) is 0 Å². The Morgan fingerprint density at radius 1 is 1.27 bits per heavy atom. The number of anilines is 1. The average molecular weight is 206 g/mol. The van der Waals surface area contributed by atoms with Crippen LogP contribution in [-0.4, -0.2) is 16.8 Å². The Morgan fingerprint density at radius 3 is 2.60 bits per heavy atom. The maximum Gasteiger partial charge on any atom is 0.260 e. The molecule has 0 atom stereocenters. The van der Waals surface area contributed by atoms with E-state index in [1.54, 1.807) is 19.3 Å². The van der Waals surface area contributed by atoms with Crippen LogP contribution in [0, 0.1) is 0 Å². The molecule has 3 N–H and O–H groups in total. The third-order valence-corrected chi connectivity index (χ3v) is 2.14. The van der Waals surface area contributed by atoms with Gasteiger partial charge in [-0.2, -0.15) is 0 Å². The molecule has 0 unspecified atom stereocenters. The third kappa shape index (κ3) is 1.99. The highest BCUT2D eigenvalue weighted by molar-refractivity contribution is 5.91. The molecule has 0 aliphatic rings. The Labute approximate surface area is 87.6 Å². The van der Waals surface area contributed by atoms with Gasteiger partial charge in [0.15, 0.2) is 0 Å². The average Bonchev–Trinajstić information content (AvgIpc) is 2.26. The van der Waals surface area contributed by atoms with Crippen molar-refractivity contribution in [3.05, 3.63) is 40.8 Å². The summed E-state index contributed by atoms with van der Waals surface area (Å²) in [7, 11) is 2.72. The number of aliphatic hydroxyl groups excluding tert-OH is 1. The van der Waals surface area contributed by atoms with Crippen molar-refractivity contribution in [1.29, 1.82) is 0 Å². The zero-order chi connectivity index (χ0) is 11.4. The molecule has 4 heteroatoms. The molecule has 0 fully saturated rings. The molecule has 0 saturated carbocycles. The molecule has 1 aromatic carbocycles. The second-order valence-electron chi connectivity index (χ2n) is 3.04. The number of hydrogen-bond acceptors (Lipinski definition) is 3. The van der Waals surface area contributed by atoms with Crippen molar-refractivity contribution in [2.75, 3.05) is 12.8 Å². The van der Waals surface area contributed by atoms with Crippen LogP contribution in [0.2, 0.25) is 0 Å². The molecule has 1 aromatic heterocycles. The van der Waals surface area contributed by atoms with Crippen molar-refractivity contribution in [3.63, 3.8) is 0 Å². The molecule has 2 aromatic rings. The molecule has 0 amide bonds. The molecule has 80 valence electrons. The van der Waals surface area contributed by atoms with Gasteiger partial charge in [-0.15, -0.1) is 0 Å². The predicted octanol–water partition coefficient (Wildman–Crippen LogP) is 0.729. The molecule has 2 rings (SSSR count). The van der Waals surface area contributed by atoms with E-state index < -0.39 is 0 Å². The normalized spacial score (nSPS) is 9.53. The van der Waals surface area contributed by atoms with Crippen molar-refractivity contribution >= 4 is 16.5 Å². The molecule has 15 heavy (non-hydrogen) atoms. The second kappa shape index (κ2) is 4.61. The molecule has 0 radical (unpaired) electrons. The minimum Gasteiger partial charge on any atom is -0.400 e. The Hall–Kier alpha value is -1.81. The number of nitrogens with zero attached hydrogens (tertiary/aromatic N) is 1. The van der Waals surface area contributed by atoms with Crippen LogP contribution >= 0.6 is 0 Å². The number of aromatic nitrogens is 1. The molecular formula is C11H14N2O2. The maximum absolute atomic E-state index is 11.6. The molecule has 4 nitrogen and oxygen atoms in total. The van der Waals surface area contributed by atoms with E-state index in [0.29, 0.717) is 11.1 Å². The smallest absolute Gasteiger partial charge is 0.260 e. The first-order valence-corrected chi connectivity index (χ1v) is 4.49. The van der Waals surface area contributed by atoms with E-state index in [2.05, 4.69) is 0 Å². The number of rotatable bonds is 0. The summed E-state index contributed by atoms with van der Waals surface area (Å²) in [6, 6.07) is 7.35. The fourth-order valence-electron chi connectivity index (χ4n) is 1.41. The molecule has 0 bridgehead atoms. The van der Waals surface area contributed by atoms with E-state index in [1.807, 2.05) is 18.2 Å². The zero-order valence-corrected chi connectivity index (χ0v) is 8.77. The van der Waals surface area contributed by atoms with Crippen molar-refractivity contribution in [2.24, 2.45) is 7.05 Å². The lowest BCUT2D eigenvalue weighted by atomic mass is 10.1. The summed E-state index contributed by atoms with van der Waals surface area (Å²) in [5.74, 6) is 0. The number of fused-ring (bicyclic) bond motifs is 1. The molecule has 0 spiro atoms. The quantitative estimate of drug-likeness (QED) is 0.624. The molecule has 1 heterocycles. The number of aliphatic hydroxyl groups is 1. The summed E-state index contributed by atoms with van der Waals surface area (Å²) in [5, 5.41) is 8.50. The topological polar surface area (TPSA) is 68.2 Å². The van der Waals surface area contributed by atoms with Gasteiger partial charge in [-0.05, 0) is 17.5 Å². The van der Waals surface area contributed by atoms with Gasteiger partial charge in [-0.3, -0.25) is 4.79 Å². The Morgan fingerprint density at radius 2 is 1.93 bits per heavy atom. The standard InChI is InChI=1S/C10H10N2O.CH4O/c1-12-6-5-7-3-2-4-8(11)9(7)10(12)13;1-2/h2-6H,11H2,1H3;2H,1H3. The first kappa shape index (κ1) is 11.3. The van der Waals surface area contributed by atoms with Crippen molar-refractivity contribution in [1.82, 2.24) is 4.57 Å². The van der Waals surface area contributed by atoms with E-state index in [9.17, 15) is 4.79 Å². The largest absolute Gasteiger partial charge is 0.400 e. The van der Waals surface area contributed by atoms with Crippen LogP contribution in [0.4, 0.5) is 5.69 Å². The minimum atomic E-state index is -0.0457. The first-order valence-electron chi connectivity index (χ1n) is 4.49. The Kier molecular flexibility index (Phi) is 3.46. The van der Waals surface area contributed by atoms with Crippen molar-refractivity contribution in [3.8, 4) is 0 Å². The van der Waals surface area contributed by atoms with Gasteiger partial charge in [0.1, 0.15) is 0 Å². The van der Waals surface area contributed by atoms with Crippen molar-refractivity contribution < 1.29 is 5.11 Å². The number of nitrogen functional groups attached to an aromatic ring is 1. The number of pyridine rings is 1. The predicted molar refractivity (Wildman–Crippen MR) is 61.7 cm³/mol. The molecule has 0 saturated heterocycles. The van der Waals surface area contributed by atoms with Crippen LogP contribution in [-0.2, 0) is 7.05 Å². The SMILES string of the molecule is CO.Cn1ccc2cccc(N)c2c1=O. The van der Waals surface area contributed by atoms with Gasteiger partial charge >= 0.3 is 0 Å². The molecule has 0 aliphatic carbocycles. The highest BCUT2D eigenvalue weighted by Crippen LogP contribution is 2.15. The molecular weight excluding hydrogens is 192 g/mol. The highest BCUT2D eigenvalue weighted by atomic mass is 16.2. The van der Waals surface area contributed by atoms with Gasteiger partial charge in [-0.1, -0.05) is 12.1 Å². The fourth-order valence-corrected chi connectivity index (χ4v) is 1.41. The minimum absolute atomic E-state index is 0.0457. The van der Waals surface area contributed by atoms with E-state index in [4.69, 9.17) is 10.8 Å². The van der Waals surface area contributed by atoms with E-state index >= 15 is 0 Å². The second-order valence-corrected chi connectivity index (χ2v) is 3.04. The summed E-state index contributed by atoms with van der Waals surface area (Å²) in [4.78, 5) is 11.6. The van der Waals surface area contributed by atoms with Crippen LogP contribution in [0.3, 0.4) is 0 Å². The van der Waals surface area contributed by atoms with E-state index in [-0.39, 0.29) is 5.56 Å². The van der Waals surface area contributed by atoms with Crippen LogP contribution < -0.4 is 11.3 Å². The van der Waals surface area contributed by atoms with Crippen LogP contribution in [0.25, 0.3) is 10.8 Å². The van der Waals surface area contributed by atoms with Gasteiger partial charge in [0.05, 0.1) is 5.39 Å². The monoisotopic (exact) mass is 206 g/mol. The van der Waals surface area contributed by atoms with Crippen LogP contribution in [0.15, 0.2) is 35.3 Å². The number of aryl methyl sites for hydroxylation is 1. The van der Waals surface area contributed by atoms with Crippen molar-refractivity contribution in [2.45, 2.75) is 0 Å². The summed E-state index contributed by atoms with van der Waals surface area (Å²) in [5.41, 5.74) is 6.21. The highest BCUT2D eigenvalue weighted by Gasteiger charge is 2.02. The zero-order valence-electron chi connectivity index (χ0n) is 8.77. The first-order chi connectivity index (χ1) is 7.20. The fraction of sp³-hybridized carbons (Fsp3) is 0.182. The number of hydrogen-bond donors (Lipinski definition) is 2. The summed E-state index contributed by atoms with van der Waals surface area (Å²) in [6.45, 7) is 0. The van der Waals surface area contributed by atoms with Gasteiger partial charge in [0, 0.05) is 26.0 Å². The van der Waals surface area contributed by atoms with Gasteiger partial charge in [0.25, 0.3) is 5.56 Å². The Bertz CT molecular complexity index is 517. The van der Waals surface area contributed by atoms with Crippen LogP contribution in [0.1, 0.15) is 0 Å². The summed E-state index contributed by atoms with van der Waals surface area (Å²) in [6.07, 6.45) is 1.74. The van der Waals surface area contributed by atoms with E-state index in [0.717, 1.165) is 12.5 Å². The Balaban J connectivity index is 0.000000531.